The van der Waals surface area contributed by atoms with E-state index in [0.29, 0.717) is 5.69 Å². The molecule has 5 nitrogen and oxygen atoms in total. The number of aromatic nitrogens is 1. The lowest BCUT2D eigenvalue weighted by atomic mass is 10.2. The molecular formula is C14H14FN3O2S. The molecule has 0 radical (unpaired) electrons. The van der Waals surface area contributed by atoms with Gasteiger partial charge in [0.25, 0.3) is 5.91 Å². The lowest BCUT2D eigenvalue weighted by Crippen LogP contribution is -2.42. The molecule has 2 aromatic rings. The number of aryl methyl sites for hydroxylation is 1. The molecule has 1 aromatic carbocycles. The highest BCUT2D eigenvalue weighted by Gasteiger charge is 2.09. The van der Waals surface area contributed by atoms with Gasteiger partial charge in [-0.15, -0.1) is 11.3 Å². The van der Waals surface area contributed by atoms with Crippen LogP contribution in [0.2, 0.25) is 0 Å². The molecule has 0 unspecified atom stereocenters. The van der Waals surface area contributed by atoms with Gasteiger partial charge in [0.2, 0.25) is 5.91 Å². The zero-order valence-electron chi connectivity index (χ0n) is 11.4. The number of hydrazine groups is 1. The first-order chi connectivity index (χ1) is 10.1. The molecule has 0 saturated carbocycles. The van der Waals surface area contributed by atoms with Crippen molar-refractivity contribution in [1.82, 2.24) is 15.8 Å². The lowest BCUT2D eigenvalue weighted by Gasteiger charge is -2.06. The predicted octanol–water partition coefficient (Wildman–Crippen LogP) is 1.85. The van der Waals surface area contributed by atoms with Crippen molar-refractivity contribution in [2.75, 3.05) is 0 Å². The third-order valence-electron chi connectivity index (χ3n) is 2.67. The Bertz CT molecular complexity index is 640. The summed E-state index contributed by atoms with van der Waals surface area (Å²) in [6.07, 6.45) is 0.924. The van der Waals surface area contributed by atoms with Crippen molar-refractivity contribution < 1.29 is 14.0 Å². The molecule has 2 amide bonds. The highest BCUT2D eigenvalue weighted by molar-refractivity contribution is 7.09. The average Bonchev–Trinajstić information content (AvgIpc) is 2.93. The summed E-state index contributed by atoms with van der Waals surface area (Å²) in [7, 11) is 0. The number of nitrogens with zero attached hydrogens (tertiary/aromatic N) is 1. The van der Waals surface area contributed by atoms with Crippen molar-refractivity contribution in [1.29, 1.82) is 0 Å². The Morgan fingerprint density at radius 2 is 1.95 bits per heavy atom. The standard InChI is InChI=1S/C14H14FN3O2S/c1-2-13-16-11(8-21-13)7-12(19)17-18-14(20)9-3-5-10(15)6-4-9/h3-6,8H,2,7H2,1H3,(H,17,19)(H,18,20). The maximum Gasteiger partial charge on any atom is 0.269 e. The van der Waals surface area contributed by atoms with Crippen LogP contribution in [-0.4, -0.2) is 16.8 Å². The Morgan fingerprint density at radius 3 is 2.57 bits per heavy atom. The fourth-order valence-electron chi connectivity index (χ4n) is 1.60. The average molecular weight is 307 g/mol. The molecule has 0 saturated heterocycles. The molecule has 0 spiro atoms. The van der Waals surface area contributed by atoms with Crippen LogP contribution in [-0.2, 0) is 17.6 Å². The van der Waals surface area contributed by atoms with Crippen molar-refractivity contribution >= 4 is 23.2 Å². The third kappa shape index (κ3) is 4.35. The summed E-state index contributed by atoms with van der Waals surface area (Å²) in [6, 6.07) is 5.03. The van der Waals surface area contributed by atoms with E-state index in [2.05, 4.69) is 15.8 Å². The lowest BCUT2D eigenvalue weighted by molar-refractivity contribution is -0.121. The molecule has 0 fully saturated rings. The molecular weight excluding hydrogens is 293 g/mol. The summed E-state index contributed by atoms with van der Waals surface area (Å²) in [5, 5.41) is 2.79. The SMILES string of the molecule is CCc1nc(CC(=O)NNC(=O)c2ccc(F)cc2)cs1. The van der Waals surface area contributed by atoms with Crippen molar-refractivity contribution in [3.8, 4) is 0 Å². The molecule has 0 aliphatic carbocycles. The van der Waals surface area contributed by atoms with E-state index in [9.17, 15) is 14.0 Å². The normalized spacial score (nSPS) is 10.2. The van der Waals surface area contributed by atoms with Crippen molar-refractivity contribution in [2.45, 2.75) is 19.8 Å². The van der Waals surface area contributed by atoms with Gasteiger partial charge in [-0.1, -0.05) is 6.92 Å². The monoisotopic (exact) mass is 307 g/mol. The van der Waals surface area contributed by atoms with Crippen molar-refractivity contribution in [2.24, 2.45) is 0 Å². The van der Waals surface area contributed by atoms with E-state index in [1.807, 2.05) is 12.3 Å². The number of benzene rings is 1. The van der Waals surface area contributed by atoms with Crippen LogP contribution < -0.4 is 10.9 Å². The number of carbonyl (C=O) groups is 2. The molecule has 0 atom stereocenters. The molecule has 7 heteroatoms. The van der Waals surface area contributed by atoms with E-state index in [1.165, 1.54) is 35.6 Å². The van der Waals surface area contributed by atoms with Gasteiger partial charge in [-0.25, -0.2) is 9.37 Å². The van der Waals surface area contributed by atoms with E-state index >= 15 is 0 Å². The van der Waals surface area contributed by atoms with Crippen LogP contribution in [0.4, 0.5) is 4.39 Å². The van der Waals surface area contributed by atoms with E-state index in [1.54, 1.807) is 0 Å². The second-order valence-corrected chi connectivity index (χ2v) is 5.21. The summed E-state index contributed by atoms with van der Waals surface area (Å²) >= 11 is 1.50. The number of amides is 2. The Kier molecular flexibility index (Phi) is 4.99. The summed E-state index contributed by atoms with van der Waals surface area (Å²) in [4.78, 5) is 27.6. The first-order valence-corrected chi connectivity index (χ1v) is 7.24. The van der Waals surface area contributed by atoms with Gasteiger partial charge in [-0.05, 0) is 30.7 Å². The zero-order valence-corrected chi connectivity index (χ0v) is 12.2. The largest absolute Gasteiger partial charge is 0.273 e. The molecule has 0 bridgehead atoms. The van der Waals surface area contributed by atoms with E-state index < -0.39 is 11.7 Å². The molecule has 110 valence electrons. The Labute approximate surface area is 125 Å². The highest BCUT2D eigenvalue weighted by Crippen LogP contribution is 2.10. The van der Waals surface area contributed by atoms with Crippen LogP contribution in [0.3, 0.4) is 0 Å². The fraction of sp³-hybridized carbons (Fsp3) is 0.214. The van der Waals surface area contributed by atoms with Crippen LogP contribution in [0, 0.1) is 5.82 Å². The van der Waals surface area contributed by atoms with Gasteiger partial charge in [0.1, 0.15) is 5.82 Å². The van der Waals surface area contributed by atoms with Gasteiger partial charge in [0.15, 0.2) is 0 Å². The second-order valence-electron chi connectivity index (χ2n) is 4.27. The summed E-state index contributed by atoms with van der Waals surface area (Å²) in [5.74, 6) is -1.29. The Hall–Kier alpha value is -2.28. The Balaban J connectivity index is 1.83. The number of hydrogen-bond acceptors (Lipinski definition) is 4. The maximum atomic E-state index is 12.7. The van der Waals surface area contributed by atoms with Gasteiger partial charge in [-0.3, -0.25) is 20.4 Å². The van der Waals surface area contributed by atoms with Crippen LogP contribution >= 0.6 is 11.3 Å². The molecule has 1 aromatic heterocycles. The molecule has 2 N–H and O–H groups in total. The van der Waals surface area contributed by atoms with Crippen LogP contribution in [0.5, 0.6) is 0 Å². The van der Waals surface area contributed by atoms with Crippen molar-refractivity contribution in [3.05, 3.63) is 51.7 Å². The predicted molar refractivity (Wildman–Crippen MR) is 77.2 cm³/mol. The second kappa shape index (κ2) is 6.94. The minimum atomic E-state index is -0.504. The highest BCUT2D eigenvalue weighted by atomic mass is 32.1. The number of nitrogens with one attached hydrogen (secondary N) is 2. The van der Waals surface area contributed by atoms with Gasteiger partial charge < -0.3 is 0 Å². The van der Waals surface area contributed by atoms with Gasteiger partial charge >= 0.3 is 0 Å². The van der Waals surface area contributed by atoms with E-state index in [-0.39, 0.29) is 17.9 Å². The topological polar surface area (TPSA) is 71.1 Å². The Morgan fingerprint density at radius 1 is 1.24 bits per heavy atom. The number of halogens is 1. The van der Waals surface area contributed by atoms with Gasteiger partial charge in [0, 0.05) is 10.9 Å². The minimum absolute atomic E-state index is 0.0974. The zero-order chi connectivity index (χ0) is 15.2. The summed E-state index contributed by atoms with van der Waals surface area (Å²) in [5.41, 5.74) is 5.51. The van der Waals surface area contributed by atoms with Gasteiger partial charge in [0.05, 0.1) is 17.1 Å². The number of thiazole rings is 1. The van der Waals surface area contributed by atoms with Crippen molar-refractivity contribution in [3.63, 3.8) is 0 Å². The van der Waals surface area contributed by atoms with Gasteiger partial charge in [-0.2, -0.15) is 0 Å². The van der Waals surface area contributed by atoms with E-state index in [0.717, 1.165) is 11.4 Å². The van der Waals surface area contributed by atoms with E-state index in [4.69, 9.17) is 0 Å². The first-order valence-electron chi connectivity index (χ1n) is 6.36. The maximum absolute atomic E-state index is 12.7. The first kappa shape index (κ1) is 15.1. The minimum Gasteiger partial charge on any atom is -0.273 e. The number of hydrogen-bond donors (Lipinski definition) is 2. The fourth-order valence-corrected chi connectivity index (χ4v) is 2.35. The molecule has 0 aliphatic rings. The van der Waals surface area contributed by atoms with Crippen LogP contribution in [0.25, 0.3) is 0 Å². The quantitative estimate of drug-likeness (QED) is 0.847. The van der Waals surface area contributed by atoms with Crippen LogP contribution in [0.15, 0.2) is 29.6 Å². The molecule has 2 rings (SSSR count). The smallest absolute Gasteiger partial charge is 0.269 e. The molecule has 21 heavy (non-hydrogen) atoms. The molecule has 1 heterocycles. The number of carbonyl (C=O) groups excluding carboxylic acids is 2. The summed E-state index contributed by atoms with van der Waals surface area (Å²) in [6.45, 7) is 1.99. The van der Waals surface area contributed by atoms with Crippen LogP contribution in [0.1, 0.15) is 28.0 Å². The summed E-state index contributed by atoms with van der Waals surface area (Å²) < 4.78 is 12.7. The molecule has 0 aliphatic heterocycles. The third-order valence-corrected chi connectivity index (χ3v) is 3.71. The number of rotatable bonds is 4.